The van der Waals surface area contributed by atoms with Crippen molar-refractivity contribution in [2.75, 3.05) is 34.0 Å². The van der Waals surface area contributed by atoms with E-state index in [0.29, 0.717) is 22.7 Å². The van der Waals surface area contributed by atoms with Crippen LogP contribution >= 0.6 is 12.2 Å². The first-order chi connectivity index (χ1) is 11.0. The fourth-order valence-corrected chi connectivity index (χ4v) is 2.49. The van der Waals surface area contributed by atoms with Crippen molar-refractivity contribution >= 4 is 12.2 Å². The molecule has 0 fully saturated rings. The van der Waals surface area contributed by atoms with Gasteiger partial charge in [-0.25, -0.2) is 0 Å². The van der Waals surface area contributed by atoms with Crippen molar-refractivity contribution in [2.45, 2.75) is 12.2 Å². The van der Waals surface area contributed by atoms with Gasteiger partial charge in [-0.15, -0.1) is 0 Å². The molecule has 1 aromatic heterocycles. The number of aromatic nitrogens is 2. The third-order valence-corrected chi connectivity index (χ3v) is 3.86. The highest BCUT2D eigenvalue weighted by molar-refractivity contribution is 7.71. The topological polar surface area (TPSA) is 94.9 Å². The predicted octanol–water partition coefficient (Wildman–Crippen LogP) is 0.396. The SMILES string of the molecule is COCCOC1C(OC)=C(CO)O[C@H]1c1cn(C)c(=S)[nH]c1=O. The van der Waals surface area contributed by atoms with Gasteiger partial charge in [-0.3, -0.25) is 9.78 Å². The average Bonchev–Trinajstić information content (AvgIpc) is 2.88. The van der Waals surface area contributed by atoms with Gasteiger partial charge in [-0.1, -0.05) is 0 Å². The molecule has 0 bridgehead atoms. The Morgan fingerprint density at radius 1 is 1.43 bits per heavy atom. The lowest BCUT2D eigenvalue weighted by Crippen LogP contribution is -2.29. The molecule has 1 aliphatic heterocycles. The smallest absolute Gasteiger partial charge is 0.258 e. The number of aliphatic hydroxyl groups excluding tert-OH is 1. The van der Waals surface area contributed by atoms with Crippen LogP contribution in [0.15, 0.2) is 22.5 Å². The fraction of sp³-hybridized carbons (Fsp3) is 0.571. The zero-order chi connectivity index (χ0) is 17.0. The van der Waals surface area contributed by atoms with Crippen LogP contribution in [0.5, 0.6) is 0 Å². The number of aromatic amines is 1. The van der Waals surface area contributed by atoms with Crippen molar-refractivity contribution in [3.63, 3.8) is 0 Å². The van der Waals surface area contributed by atoms with Crippen LogP contribution in [0.3, 0.4) is 0 Å². The maximum absolute atomic E-state index is 12.2. The normalized spacial score (nSPS) is 20.7. The van der Waals surface area contributed by atoms with E-state index in [1.54, 1.807) is 24.9 Å². The van der Waals surface area contributed by atoms with Gasteiger partial charge >= 0.3 is 0 Å². The third kappa shape index (κ3) is 3.63. The first kappa shape index (κ1) is 17.7. The highest BCUT2D eigenvalue weighted by Gasteiger charge is 2.41. The summed E-state index contributed by atoms with van der Waals surface area (Å²) < 4.78 is 23.6. The van der Waals surface area contributed by atoms with E-state index in [4.69, 9.17) is 31.2 Å². The van der Waals surface area contributed by atoms with Crippen molar-refractivity contribution in [1.82, 2.24) is 9.55 Å². The molecule has 8 nitrogen and oxygen atoms in total. The molecule has 2 N–H and O–H groups in total. The summed E-state index contributed by atoms with van der Waals surface area (Å²) in [7, 11) is 4.74. The van der Waals surface area contributed by atoms with Crippen molar-refractivity contribution < 1.29 is 24.1 Å². The van der Waals surface area contributed by atoms with Gasteiger partial charge in [0.15, 0.2) is 28.5 Å². The zero-order valence-corrected chi connectivity index (χ0v) is 14.0. The first-order valence-corrected chi connectivity index (χ1v) is 7.39. The Morgan fingerprint density at radius 3 is 2.78 bits per heavy atom. The second-order valence-electron chi connectivity index (χ2n) is 4.93. The van der Waals surface area contributed by atoms with E-state index in [-0.39, 0.29) is 24.5 Å². The highest BCUT2D eigenvalue weighted by atomic mass is 32.1. The summed E-state index contributed by atoms with van der Waals surface area (Å²) in [4.78, 5) is 14.8. The van der Waals surface area contributed by atoms with E-state index in [9.17, 15) is 9.90 Å². The molecule has 23 heavy (non-hydrogen) atoms. The molecular weight excluding hydrogens is 324 g/mol. The molecular formula is C14H20N2O6S. The summed E-state index contributed by atoms with van der Waals surface area (Å²) in [6, 6.07) is 0. The Bertz CT molecular complexity index is 695. The summed E-state index contributed by atoms with van der Waals surface area (Å²) in [5.41, 5.74) is -0.0328. The number of methoxy groups -OCH3 is 2. The van der Waals surface area contributed by atoms with Crippen molar-refractivity contribution in [3.8, 4) is 0 Å². The highest BCUT2D eigenvalue weighted by Crippen LogP contribution is 2.37. The largest absolute Gasteiger partial charge is 0.495 e. The lowest BCUT2D eigenvalue weighted by Gasteiger charge is -2.21. The standard InChI is InChI=1S/C14H20N2O6S/c1-16-6-8(13(18)15-14(16)23)10-12(21-5-4-19-2)11(20-3)9(7-17)22-10/h6,10,12,17H,4-5,7H2,1-3H3,(H,15,18,23)/t10-,12?/m0/s1. The Kier molecular flexibility index (Phi) is 5.94. The third-order valence-electron chi connectivity index (χ3n) is 3.47. The molecule has 0 aromatic carbocycles. The first-order valence-electron chi connectivity index (χ1n) is 6.98. The molecule has 1 aliphatic rings. The summed E-state index contributed by atoms with van der Waals surface area (Å²) >= 11 is 5.03. The molecule has 2 rings (SSSR count). The lowest BCUT2D eigenvalue weighted by molar-refractivity contribution is -0.0382. The minimum atomic E-state index is -0.741. The van der Waals surface area contributed by atoms with Gasteiger partial charge in [0.1, 0.15) is 6.61 Å². The molecule has 0 aliphatic carbocycles. The van der Waals surface area contributed by atoms with Crippen molar-refractivity contribution in [3.05, 3.63) is 38.4 Å². The van der Waals surface area contributed by atoms with Crippen LogP contribution < -0.4 is 5.56 Å². The van der Waals surface area contributed by atoms with Gasteiger partial charge in [0.05, 0.1) is 25.9 Å². The van der Waals surface area contributed by atoms with E-state index in [1.807, 2.05) is 0 Å². The van der Waals surface area contributed by atoms with Crippen LogP contribution in [0.1, 0.15) is 11.7 Å². The number of aliphatic hydroxyl groups is 1. The Balaban J connectivity index is 2.38. The van der Waals surface area contributed by atoms with E-state index >= 15 is 0 Å². The number of nitrogens with zero attached hydrogens (tertiary/aromatic N) is 1. The molecule has 0 spiro atoms. The molecule has 2 atom stereocenters. The molecule has 0 saturated carbocycles. The van der Waals surface area contributed by atoms with Gasteiger partial charge in [0.2, 0.25) is 0 Å². The van der Waals surface area contributed by atoms with Crippen LogP contribution in [0.25, 0.3) is 0 Å². The molecule has 128 valence electrons. The number of aryl methyl sites for hydroxylation is 1. The number of hydrogen-bond acceptors (Lipinski definition) is 7. The van der Waals surface area contributed by atoms with Crippen LogP contribution in [0.2, 0.25) is 0 Å². The van der Waals surface area contributed by atoms with Gasteiger partial charge in [-0.2, -0.15) is 0 Å². The van der Waals surface area contributed by atoms with E-state index in [0.717, 1.165) is 0 Å². The Morgan fingerprint density at radius 2 is 2.17 bits per heavy atom. The molecule has 0 amide bonds. The molecule has 2 heterocycles. The van der Waals surface area contributed by atoms with Crippen LogP contribution in [0.4, 0.5) is 0 Å². The van der Waals surface area contributed by atoms with Crippen molar-refractivity contribution in [1.29, 1.82) is 0 Å². The number of H-pyrrole nitrogens is 1. The minimum Gasteiger partial charge on any atom is -0.495 e. The summed E-state index contributed by atoms with van der Waals surface area (Å²) in [6.45, 7) is 0.312. The van der Waals surface area contributed by atoms with E-state index in [1.165, 1.54) is 7.11 Å². The maximum Gasteiger partial charge on any atom is 0.258 e. The molecule has 0 radical (unpaired) electrons. The van der Waals surface area contributed by atoms with Gasteiger partial charge in [0.25, 0.3) is 5.56 Å². The zero-order valence-electron chi connectivity index (χ0n) is 13.2. The fourth-order valence-electron chi connectivity index (χ4n) is 2.35. The Hall–Kier alpha value is -1.68. The number of rotatable bonds is 7. The second kappa shape index (κ2) is 7.73. The summed E-state index contributed by atoms with van der Waals surface area (Å²) in [6.07, 6.45) is 0.190. The van der Waals surface area contributed by atoms with Gasteiger partial charge < -0.3 is 28.6 Å². The van der Waals surface area contributed by atoms with Gasteiger partial charge in [-0.05, 0) is 12.2 Å². The number of ether oxygens (including phenoxy) is 4. The maximum atomic E-state index is 12.2. The quantitative estimate of drug-likeness (QED) is 0.546. The molecule has 0 saturated heterocycles. The average molecular weight is 344 g/mol. The monoisotopic (exact) mass is 344 g/mol. The predicted molar refractivity (Wildman–Crippen MR) is 83.4 cm³/mol. The van der Waals surface area contributed by atoms with Crippen LogP contribution in [0, 0.1) is 4.77 Å². The Labute approximate surface area is 138 Å². The van der Waals surface area contributed by atoms with E-state index < -0.39 is 12.2 Å². The molecule has 1 aromatic rings. The number of nitrogens with one attached hydrogen (secondary N) is 1. The molecule has 1 unspecified atom stereocenters. The minimum absolute atomic E-state index is 0.240. The van der Waals surface area contributed by atoms with Crippen molar-refractivity contribution in [2.24, 2.45) is 7.05 Å². The summed E-state index contributed by atoms with van der Waals surface area (Å²) in [5, 5.41) is 9.44. The second-order valence-corrected chi connectivity index (χ2v) is 5.31. The van der Waals surface area contributed by atoms with Crippen LogP contribution in [-0.2, 0) is 26.0 Å². The molecule has 9 heteroatoms. The summed E-state index contributed by atoms with van der Waals surface area (Å²) in [5.74, 6) is 0.600. The van der Waals surface area contributed by atoms with E-state index in [2.05, 4.69) is 4.98 Å². The van der Waals surface area contributed by atoms with Crippen LogP contribution in [-0.4, -0.2) is 54.8 Å². The number of hydrogen-bond donors (Lipinski definition) is 2. The van der Waals surface area contributed by atoms with Gasteiger partial charge in [0, 0.05) is 20.4 Å². The lowest BCUT2D eigenvalue weighted by atomic mass is 10.1.